The van der Waals surface area contributed by atoms with E-state index in [1.807, 2.05) is 43.3 Å². The van der Waals surface area contributed by atoms with Crippen LogP contribution in [0.15, 0.2) is 48.5 Å². The molecule has 0 bridgehead atoms. The maximum atomic E-state index is 12.4. The van der Waals surface area contributed by atoms with Crippen LogP contribution in [-0.2, 0) is 4.79 Å². The molecule has 0 saturated heterocycles. The zero-order valence-electron chi connectivity index (χ0n) is 14.1. The van der Waals surface area contributed by atoms with Gasteiger partial charge in [-0.3, -0.25) is 4.79 Å². The normalized spacial score (nSPS) is 13.0. The quantitative estimate of drug-likeness (QED) is 0.808. The second kappa shape index (κ2) is 8.60. The highest BCUT2D eigenvalue weighted by atomic mass is 35.5. The molecule has 0 fully saturated rings. The van der Waals surface area contributed by atoms with Gasteiger partial charge in [0.2, 0.25) is 0 Å². The molecule has 2 unspecified atom stereocenters. The molecule has 0 heterocycles. The van der Waals surface area contributed by atoms with Gasteiger partial charge in [-0.25, -0.2) is 0 Å². The number of nitrogens with one attached hydrogen (secondary N) is 1. The number of rotatable bonds is 7. The van der Waals surface area contributed by atoms with Crippen molar-refractivity contribution in [1.82, 2.24) is 5.32 Å². The highest BCUT2D eigenvalue weighted by Gasteiger charge is 2.20. The third-order valence-corrected chi connectivity index (χ3v) is 4.06. The Morgan fingerprint density at radius 2 is 1.83 bits per heavy atom. The van der Waals surface area contributed by atoms with Gasteiger partial charge in [0.25, 0.3) is 5.91 Å². The second-order valence-corrected chi connectivity index (χ2v) is 5.84. The van der Waals surface area contributed by atoms with Crippen molar-refractivity contribution in [3.8, 4) is 11.5 Å². The molecule has 0 aliphatic rings. The minimum absolute atomic E-state index is 0.0827. The van der Waals surface area contributed by atoms with Crippen LogP contribution >= 0.6 is 11.6 Å². The van der Waals surface area contributed by atoms with E-state index in [9.17, 15) is 4.79 Å². The highest BCUT2D eigenvalue weighted by molar-refractivity contribution is 6.32. The third-order valence-electron chi connectivity index (χ3n) is 3.75. The van der Waals surface area contributed by atoms with Crippen molar-refractivity contribution in [3.63, 3.8) is 0 Å². The van der Waals surface area contributed by atoms with Crippen molar-refractivity contribution in [3.05, 3.63) is 59.1 Å². The average Bonchev–Trinajstić information content (AvgIpc) is 2.61. The number of methoxy groups -OCH3 is 1. The number of para-hydroxylation sites is 1. The number of hydrogen-bond donors (Lipinski definition) is 1. The molecule has 0 spiro atoms. The molecular formula is C19H22ClNO3. The lowest BCUT2D eigenvalue weighted by molar-refractivity contribution is -0.128. The summed E-state index contributed by atoms with van der Waals surface area (Å²) in [4.78, 5) is 12.4. The third kappa shape index (κ3) is 4.65. The lowest BCUT2D eigenvalue weighted by Crippen LogP contribution is -2.38. The summed E-state index contributed by atoms with van der Waals surface area (Å²) >= 11 is 6.06. The first-order valence-corrected chi connectivity index (χ1v) is 8.28. The Hall–Kier alpha value is -2.20. The maximum Gasteiger partial charge on any atom is 0.261 e. The van der Waals surface area contributed by atoms with Crippen molar-refractivity contribution in [2.45, 2.75) is 32.4 Å². The molecule has 5 heteroatoms. The van der Waals surface area contributed by atoms with Crippen LogP contribution in [0.3, 0.4) is 0 Å². The summed E-state index contributed by atoms with van der Waals surface area (Å²) in [5.41, 5.74) is 1.02. The summed E-state index contributed by atoms with van der Waals surface area (Å²) in [6.45, 7) is 3.73. The fourth-order valence-electron chi connectivity index (χ4n) is 2.33. The summed E-state index contributed by atoms with van der Waals surface area (Å²) < 4.78 is 10.8. The van der Waals surface area contributed by atoms with Gasteiger partial charge in [-0.05, 0) is 43.2 Å². The number of benzene rings is 2. The van der Waals surface area contributed by atoms with Gasteiger partial charge in [-0.15, -0.1) is 0 Å². The van der Waals surface area contributed by atoms with Crippen molar-refractivity contribution >= 4 is 17.5 Å². The van der Waals surface area contributed by atoms with Crippen LogP contribution in [0.4, 0.5) is 0 Å². The number of carbonyl (C=O) groups excluding carboxylic acids is 1. The van der Waals surface area contributed by atoms with Gasteiger partial charge in [0.1, 0.15) is 11.5 Å². The molecular weight excluding hydrogens is 326 g/mol. The zero-order valence-corrected chi connectivity index (χ0v) is 14.8. The Morgan fingerprint density at radius 3 is 2.42 bits per heavy atom. The first-order valence-electron chi connectivity index (χ1n) is 7.90. The van der Waals surface area contributed by atoms with Crippen LogP contribution in [-0.4, -0.2) is 19.1 Å². The molecule has 4 nitrogen and oxygen atoms in total. The van der Waals surface area contributed by atoms with E-state index in [4.69, 9.17) is 21.1 Å². The summed E-state index contributed by atoms with van der Waals surface area (Å²) in [5.74, 6) is 1.10. The Bertz CT molecular complexity index is 673. The van der Waals surface area contributed by atoms with Gasteiger partial charge in [0.05, 0.1) is 18.2 Å². The number of hydrogen-bond acceptors (Lipinski definition) is 3. The lowest BCUT2D eigenvalue weighted by atomic mass is 10.0. The first kappa shape index (κ1) is 18.1. The Kier molecular flexibility index (Phi) is 6.50. The minimum atomic E-state index is -0.641. The summed E-state index contributed by atoms with van der Waals surface area (Å²) in [7, 11) is 1.63. The summed E-state index contributed by atoms with van der Waals surface area (Å²) in [5, 5.41) is 3.50. The maximum absolute atomic E-state index is 12.4. The van der Waals surface area contributed by atoms with E-state index in [0.717, 1.165) is 17.7 Å². The van der Waals surface area contributed by atoms with Crippen LogP contribution in [0.5, 0.6) is 11.5 Å². The molecule has 0 aliphatic heterocycles. The fraction of sp³-hybridized carbons (Fsp3) is 0.316. The number of ether oxygens (including phenoxy) is 2. The molecule has 0 aromatic heterocycles. The number of halogens is 1. The molecule has 24 heavy (non-hydrogen) atoms. The molecule has 0 saturated carbocycles. The lowest BCUT2D eigenvalue weighted by Gasteiger charge is -2.21. The van der Waals surface area contributed by atoms with Gasteiger partial charge in [-0.2, -0.15) is 0 Å². The van der Waals surface area contributed by atoms with Crippen LogP contribution < -0.4 is 14.8 Å². The number of carbonyl (C=O) groups is 1. The molecule has 0 aliphatic carbocycles. The van der Waals surface area contributed by atoms with Crippen molar-refractivity contribution < 1.29 is 14.3 Å². The molecule has 1 amide bonds. The topological polar surface area (TPSA) is 47.6 Å². The largest absolute Gasteiger partial charge is 0.497 e. The van der Waals surface area contributed by atoms with Gasteiger partial charge in [0, 0.05) is 0 Å². The zero-order chi connectivity index (χ0) is 17.5. The molecule has 2 rings (SSSR count). The van der Waals surface area contributed by atoms with Crippen molar-refractivity contribution in [2.24, 2.45) is 0 Å². The van der Waals surface area contributed by atoms with Crippen LogP contribution in [0, 0.1) is 0 Å². The second-order valence-electron chi connectivity index (χ2n) is 5.43. The van der Waals surface area contributed by atoms with Crippen molar-refractivity contribution in [2.75, 3.05) is 7.11 Å². The Labute approximate surface area is 147 Å². The van der Waals surface area contributed by atoms with E-state index >= 15 is 0 Å². The van der Waals surface area contributed by atoms with Crippen LogP contribution in [0.1, 0.15) is 31.9 Å². The van der Waals surface area contributed by atoms with Gasteiger partial charge in [0.15, 0.2) is 6.10 Å². The average molecular weight is 348 g/mol. The minimum Gasteiger partial charge on any atom is -0.497 e. The van der Waals surface area contributed by atoms with E-state index in [0.29, 0.717) is 10.8 Å². The number of amides is 1. The van der Waals surface area contributed by atoms with Crippen molar-refractivity contribution in [1.29, 1.82) is 0 Å². The van der Waals surface area contributed by atoms with Crippen LogP contribution in [0.2, 0.25) is 5.02 Å². The Morgan fingerprint density at radius 1 is 1.17 bits per heavy atom. The fourth-order valence-corrected chi connectivity index (χ4v) is 2.51. The predicted octanol–water partition coefficient (Wildman–Crippen LogP) is 4.38. The standard InChI is InChI=1S/C19H22ClNO3/c1-4-17(14-9-11-15(23-3)12-10-14)21-19(22)13(2)24-18-8-6-5-7-16(18)20/h5-13,17H,4H2,1-3H3,(H,21,22). The summed E-state index contributed by atoms with van der Waals surface area (Å²) in [6.07, 6.45) is 0.133. The van der Waals surface area contributed by atoms with E-state index in [2.05, 4.69) is 5.32 Å². The predicted molar refractivity (Wildman–Crippen MR) is 95.7 cm³/mol. The Balaban J connectivity index is 2.01. The molecule has 1 N–H and O–H groups in total. The van der Waals surface area contributed by atoms with Gasteiger partial charge in [-0.1, -0.05) is 42.8 Å². The molecule has 2 aromatic carbocycles. The van der Waals surface area contributed by atoms with Gasteiger partial charge < -0.3 is 14.8 Å². The SMILES string of the molecule is CCC(NC(=O)C(C)Oc1ccccc1Cl)c1ccc(OC)cc1. The summed E-state index contributed by atoms with van der Waals surface area (Å²) in [6, 6.07) is 14.7. The molecule has 2 aromatic rings. The van der Waals surface area contributed by atoms with E-state index < -0.39 is 6.10 Å². The first-order chi connectivity index (χ1) is 11.5. The van der Waals surface area contributed by atoms with E-state index in [1.165, 1.54) is 0 Å². The van der Waals surface area contributed by atoms with Gasteiger partial charge >= 0.3 is 0 Å². The van der Waals surface area contributed by atoms with E-state index in [1.54, 1.807) is 26.2 Å². The molecule has 0 radical (unpaired) electrons. The highest BCUT2D eigenvalue weighted by Crippen LogP contribution is 2.25. The molecule has 2 atom stereocenters. The monoisotopic (exact) mass is 347 g/mol. The molecule has 128 valence electrons. The smallest absolute Gasteiger partial charge is 0.261 e. The van der Waals surface area contributed by atoms with Crippen LogP contribution in [0.25, 0.3) is 0 Å². The van der Waals surface area contributed by atoms with E-state index in [-0.39, 0.29) is 11.9 Å².